The third-order valence-corrected chi connectivity index (χ3v) is 8.22. The average Bonchev–Trinajstić information content (AvgIpc) is 3.63. The zero-order valence-corrected chi connectivity index (χ0v) is 22.6. The molecule has 0 spiro atoms. The summed E-state index contributed by atoms with van der Waals surface area (Å²) < 4.78 is 23.2. The van der Waals surface area contributed by atoms with Gasteiger partial charge in [0, 0.05) is 11.9 Å². The zero-order chi connectivity index (χ0) is 25.7. The molecule has 1 atom stereocenters. The molecule has 0 saturated carbocycles. The molecule has 2 aromatic carbocycles. The van der Waals surface area contributed by atoms with Crippen molar-refractivity contribution in [1.82, 2.24) is 29.7 Å². The Balaban J connectivity index is 1.24. The van der Waals surface area contributed by atoms with Crippen LogP contribution in [0.3, 0.4) is 0 Å². The largest absolute Gasteiger partial charge is 0.368 e. The van der Waals surface area contributed by atoms with Crippen molar-refractivity contribution in [2.75, 3.05) is 19.7 Å². The summed E-state index contributed by atoms with van der Waals surface area (Å²) in [4.78, 5) is 16.8. The number of thiophene rings is 1. The van der Waals surface area contributed by atoms with Gasteiger partial charge in [-0.2, -0.15) is 5.10 Å². The first-order valence-electron chi connectivity index (χ1n) is 11.4. The topological polar surface area (TPSA) is 78.1 Å². The number of halogens is 3. The minimum atomic E-state index is -0.426. The second-order valence-electron chi connectivity index (χ2n) is 8.58. The first-order chi connectivity index (χ1) is 17.9. The number of ether oxygens (including phenoxy) is 1. The van der Waals surface area contributed by atoms with Crippen LogP contribution in [-0.2, 0) is 4.74 Å². The fraction of sp³-hybridized carbons (Fsp3) is 0.200. The van der Waals surface area contributed by atoms with Gasteiger partial charge in [-0.25, -0.2) is 13.8 Å². The lowest BCUT2D eigenvalue weighted by Gasteiger charge is -2.31. The Morgan fingerprint density at radius 2 is 2.08 bits per heavy atom. The summed E-state index contributed by atoms with van der Waals surface area (Å²) in [6, 6.07) is 14.0. The Kier molecular flexibility index (Phi) is 6.31. The molecule has 188 valence electrons. The van der Waals surface area contributed by atoms with E-state index < -0.39 is 6.10 Å². The van der Waals surface area contributed by atoms with Crippen molar-refractivity contribution in [3.05, 3.63) is 86.3 Å². The molecule has 3 aromatic heterocycles. The van der Waals surface area contributed by atoms with Crippen LogP contribution < -0.4 is 0 Å². The number of aromatic nitrogens is 5. The highest BCUT2D eigenvalue weighted by Gasteiger charge is 2.30. The fourth-order valence-electron chi connectivity index (χ4n) is 4.29. The molecule has 5 aromatic rings. The van der Waals surface area contributed by atoms with E-state index in [1.54, 1.807) is 32.6 Å². The molecule has 1 aliphatic heterocycles. The Morgan fingerprint density at radius 3 is 2.89 bits per heavy atom. The minimum absolute atomic E-state index is 0.0746. The van der Waals surface area contributed by atoms with Crippen LogP contribution in [0.5, 0.6) is 0 Å². The van der Waals surface area contributed by atoms with Gasteiger partial charge in [0.15, 0.2) is 0 Å². The number of nitrogens with zero attached hydrogens (tertiary/aromatic N) is 6. The standard InChI is InChI=1S/C25H19BrClFN6O2S/c1-14-16-11-23(37-25(16)34(30-14)21-5-3-2-4-18(21)27)24(35)32-8-9-36-22(13-32)20-12-33(31-29-20)15-6-7-19(28)17(26)10-15/h2-7,10-12,22H,8-9,13H2,1H3. The van der Waals surface area contributed by atoms with E-state index in [1.165, 1.54) is 17.4 Å². The van der Waals surface area contributed by atoms with Gasteiger partial charge in [-0.15, -0.1) is 16.4 Å². The number of benzene rings is 2. The normalized spacial score (nSPS) is 16.0. The van der Waals surface area contributed by atoms with Gasteiger partial charge < -0.3 is 9.64 Å². The lowest BCUT2D eigenvalue weighted by molar-refractivity contribution is -0.0246. The predicted octanol–water partition coefficient (Wildman–Crippen LogP) is 5.74. The van der Waals surface area contributed by atoms with Crippen molar-refractivity contribution in [3.63, 3.8) is 0 Å². The van der Waals surface area contributed by atoms with Gasteiger partial charge in [-0.1, -0.05) is 28.9 Å². The average molecular weight is 602 g/mol. The molecule has 4 heterocycles. The Morgan fingerprint density at radius 1 is 1.24 bits per heavy atom. The first kappa shape index (κ1) is 24.2. The van der Waals surface area contributed by atoms with Crippen molar-refractivity contribution in [3.8, 4) is 11.4 Å². The molecule has 37 heavy (non-hydrogen) atoms. The number of carbonyl (C=O) groups excluding carboxylic acids is 1. The van der Waals surface area contributed by atoms with E-state index in [0.717, 1.165) is 21.6 Å². The number of rotatable bonds is 4. The van der Waals surface area contributed by atoms with Crippen molar-refractivity contribution < 1.29 is 13.9 Å². The van der Waals surface area contributed by atoms with E-state index in [-0.39, 0.29) is 11.7 Å². The Hall–Kier alpha value is -3.12. The second-order valence-corrected chi connectivity index (χ2v) is 10.9. The second kappa shape index (κ2) is 9.64. The molecule has 0 bridgehead atoms. The van der Waals surface area contributed by atoms with Crippen molar-refractivity contribution in [1.29, 1.82) is 0 Å². The van der Waals surface area contributed by atoms with Gasteiger partial charge in [0.25, 0.3) is 5.91 Å². The molecule has 8 nitrogen and oxygen atoms in total. The number of aryl methyl sites for hydroxylation is 1. The molecular weight excluding hydrogens is 583 g/mol. The van der Waals surface area contributed by atoms with Crippen molar-refractivity contribution in [2.24, 2.45) is 0 Å². The summed E-state index contributed by atoms with van der Waals surface area (Å²) in [6.45, 7) is 3.11. The third-order valence-electron chi connectivity index (χ3n) is 6.20. The highest BCUT2D eigenvalue weighted by molar-refractivity contribution is 9.10. The van der Waals surface area contributed by atoms with Crippen LogP contribution in [0.2, 0.25) is 5.02 Å². The number of amides is 1. The summed E-state index contributed by atoms with van der Waals surface area (Å²) in [5.41, 5.74) is 2.85. The van der Waals surface area contributed by atoms with Crippen LogP contribution in [0.15, 0.2) is 59.2 Å². The number of carbonyl (C=O) groups is 1. The van der Waals surface area contributed by atoms with E-state index in [9.17, 15) is 9.18 Å². The lowest BCUT2D eigenvalue weighted by Crippen LogP contribution is -2.42. The molecular formula is C25H19BrClFN6O2S. The molecule has 0 radical (unpaired) electrons. The highest BCUT2D eigenvalue weighted by Crippen LogP contribution is 2.34. The third kappa shape index (κ3) is 4.46. The van der Waals surface area contributed by atoms with Crippen LogP contribution in [0, 0.1) is 12.7 Å². The van der Waals surface area contributed by atoms with E-state index >= 15 is 0 Å². The fourth-order valence-corrected chi connectivity index (χ4v) is 6.01. The summed E-state index contributed by atoms with van der Waals surface area (Å²) >= 11 is 11.0. The number of hydrogen-bond donors (Lipinski definition) is 0. The van der Waals surface area contributed by atoms with Crippen molar-refractivity contribution in [2.45, 2.75) is 13.0 Å². The maximum atomic E-state index is 13.6. The maximum Gasteiger partial charge on any atom is 0.264 e. The number of fused-ring (bicyclic) bond motifs is 1. The van der Waals surface area contributed by atoms with Gasteiger partial charge >= 0.3 is 0 Å². The molecule has 1 aliphatic rings. The molecule has 0 aliphatic carbocycles. The molecule has 6 rings (SSSR count). The van der Waals surface area contributed by atoms with Crippen LogP contribution >= 0.6 is 38.9 Å². The quantitative estimate of drug-likeness (QED) is 0.262. The predicted molar refractivity (Wildman–Crippen MR) is 142 cm³/mol. The minimum Gasteiger partial charge on any atom is -0.368 e. The SMILES string of the molecule is Cc1nn(-c2ccccc2Cl)c2sc(C(=O)N3CCOC(c4cn(-c5ccc(F)c(Br)c5)nn4)C3)cc12. The summed E-state index contributed by atoms with van der Waals surface area (Å²) in [5, 5.41) is 14.6. The Bertz CT molecular complexity index is 1650. The van der Waals surface area contributed by atoms with Crippen LogP contribution in [0.1, 0.15) is 27.2 Å². The highest BCUT2D eigenvalue weighted by atomic mass is 79.9. The number of hydrogen-bond acceptors (Lipinski definition) is 6. The van der Waals surface area contributed by atoms with Gasteiger partial charge in [0.1, 0.15) is 22.4 Å². The zero-order valence-electron chi connectivity index (χ0n) is 19.4. The van der Waals surface area contributed by atoms with Crippen LogP contribution in [0.25, 0.3) is 21.6 Å². The molecule has 1 saturated heterocycles. The monoisotopic (exact) mass is 600 g/mol. The number of morpholine rings is 1. The van der Waals surface area contributed by atoms with E-state index in [1.807, 2.05) is 37.3 Å². The van der Waals surface area contributed by atoms with Gasteiger partial charge in [-0.3, -0.25) is 4.79 Å². The summed E-state index contributed by atoms with van der Waals surface area (Å²) in [6.07, 6.45) is 1.31. The first-order valence-corrected chi connectivity index (χ1v) is 13.4. The number of para-hydroxylation sites is 1. The summed E-state index contributed by atoms with van der Waals surface area (Å²) in [5.74, 6) is -0.431. The lowest BCUT2D eigenvalue weighted by atomic mass is 10.2. The van der Waals surface area contributed by atoms with Gasteiger partial charge in [0.2, 0.25) is 0 Å². The molecule has 1 fully saturated rings. The van der Waals surface area contributed by atoms with Crippen LogP contribution in [-0.4, -0.2) is 55.3 Å². The van der Waals surface area contributed by atoms with Crippen LogP contribution in [0.4, 0.5) is 4.39 Å². The Labute approximate surface area is 228 Å². The van der Waals surface area contributed by atoms with E-state index in [4.69, 9.17) is 16.3 Å². The summed E-state index contributed by atoms with van der Waals surface area (Å²) in [7, 11) is 0. The van der Waals surface area contributed by atoms with E-state index in [0.29, 0.717) is 45.5 Å². The molecule has 0 N–H and O–H groups in total. The van der Waals surface area contributed by atoms with Crippen molar-refractivity contribution >= 4 is 55.0 Å². The molecule has 1 amide bonds. The maximum absolute atomic E-state index is 13.6. The molecule has 12 heteroatoms. The van der Waals surface area contributed by atoms with E-state index in [2.05, 4.69) is 31.3 Å². The molecule has 1 unspecified atom stereocenters. The smallest absolute Gasteiger partial charge is 0.264 e. The van der Waals surface area contributed by atoms with Gasteiger partial charge in [0.05, 0.1) is 50.8 Å². The van der Waals surface area contributed by atoms with Gasteiger partial charge in [-0.05, 0) is 59.3 Å².